The number of pyridine rings is 1. The minimum atomic E-state index is -0.111. The molecule has 1 fully saturated rings. The fourth-order valence-corrected chi connectivity index (χ4v) is 2.57. The summed E-state index contributed by atoms with van der Waals surface area (Å²) in [6, 6.07) is 3.43. The summed E-state index contributed by atoms with van der Waals surface area (Å²) in [7, 11) is 1.81. The third kappa shape index (κ3) is 2.94. The average Bonchev–Trinajstić information content (AvgIpc) is 3.05. The second kappa shape index (κ2) is 6.15. The van der Waals surface area contributed by atoms with E-state index in [4.69, 9.17) is 4.74 Å². The molecular weight excluding hydrogens is 284 g/mol. The highest BCUT2D eigenvalue weighted by Gasteiger charge is 2.23. The molecule has 1 amide bonds. The van der Waals surface area contributed by atoms with Crippen molar-refractivity contribution >= 4 is 6.03 Å². The number of carbonyl (C=O) groups excluding carboxylic acids is 1. The van der Waals surface area contributed by atoms with E-state index in [0.717, 1.165) is 18.4 Å². The highest BCUT2D eigenvalue weighted by Crippen LogP contribution is 2.17. The Kier molecular flexibility index (Phi) is 4.06. The van der Waals surface area contributed by atoms with Gasteiger partial charge in [0.15, 0.2) is 12.4 Å². The third-order valence-electron chi connectivity index (χ3n) is 3.94. The number of amides is 1. The van der Waals surface area contributed by atoms with Crippen molar-refractivity contribution in [3.05, 3.63) is 42.3 Å². The Morgan fingerprint density at radius 2 is 2.09 bits per heavy atom. The van der Waals surface area contributed by atoms with E-state index in [9.17, 15) is 10.0 Å². The normalized spacial score (nSPS) is 15.7. The van der Waals surface area contributed by atoms with E-state index in [0.29, 0.717) is 23.6 Å². The zero-order chi connectivity index (χ0) is 15.5. The van der Waals surface area contributed by atoms with Crippen molar-refractivity contribution in [2.75, 3.05) is 20.3 Å². The van der Waals surface area contributed by atoms with Crippen LogP contribution in [-0.2, 0) is 4.74 Å². The van der Waals surface area contributed by atoms with E-state index in [1.807, 2.05) is 0 Å². The van der Waals surface area contributed by atoms with Gasteiger partial charge in [-0.1, -0.05) is 0 Å². The number of imidazole rings is 1. The summed E-state index contributed by atoms with van der Waals surface area (Å²) >= 11 is 0. The predicted molar refractivity (Wildman–Crippen MR) is 79.0 cm³/mol. The minimum absolute atomic E-state index is 0.111. The van der Waals surface area contributed by atoms with Gasteiger partial charge in [-0.25, -0.2) is 9.78 Å². The maximum Gasteiger partial charge on any atom is 0.329 e. The molecule has 0 aromatic carbocycles. The highest BCUT2D eigenvalue weighted by atomic mass is 16.5. The fourth-order valence-electron chi connectivity index (χ4n) is 2.57. The molecule has 0 aliphatic carbocycles. The Hall–Kier alpha value is -2.41. The van der Waals surface area contributed by atoms with E-state index in [2.05, 4.69) is 4.98 Å². The maximum atomic E-state index is 12.5. The van der Waals surface area contributed by atoms with Crippen LogP contribution >= 0.6 is 0 Å². The molecule has 3 heterocycles. The Morgan fingerprint density at radius 1 is 1.41 bits per heavy atom. The Labute approximate surface area is 128 Å². The standard InChI is InChI=1S/C15H18N4O3/c1-17(13-4-8-22-9-5-13)15(20)18-10-14(16-11-18)12-2-6-19(21)7-3-12/h2-3,6-7,10-11,13H,4-5,8-9H2,1H3. The number of ether oxygens (including phenoxy) is 1. The van der Waals surface area contributed by atoms with Crippen LogP contribution < -0.4 is 4.73 Å². The lowest BCUT2D eigenvalue weighted by Crippen LogP contribution is -2.42. The molecule has 0 bridgehead atoms. The lowest BCUT2D eigenvalue weighted by atomic mass is 10.1. The number of rotatable bonds is 2. The van der Waals surface area contributed by atoms with Gasteiger partial charge < -0.3 is 14.8 Å². The average molecular weight is 302 g/mol. The molecule has 0 atom stereocenters. The van der Waals surface area contributed by atoms with Gasteiger partial charge in [0.05, 0.1) is 5.69 Å². The third-order valence-corrected chi connectivity index (χ3v) is 3.94. The molecule has 2 aromatic heterocycles. The molecule has 1 saturated heterocycles. The number of nitrogens with zero attached hydrogens (tertiary/aromatic N) is 4. The molecule has 1 aliphatic heterocycles. The molecule has 7 nitrogen and oxygen atoms in total. The van der Waals surface area contributed by atoms with Crippen LogP contribution in [0.2, 0.25) is 0 Å². The first-order valence-corrected chi connectivity index (χ1v) is 7.23. The van der Waals surface area contributed by atoms with Crippen LogP contribution in [-0.4, -0.2) is 46.8 Å². The van der Waals surface area contributed by atoms with Crippen molar-refractivity contribution in [3.63, 3.8) is 0 Å². The fraction of sp³-hybridized carbons (Fsp3) is 0.400. The minimum Gasteiger partial charge on any atom is -0.619 e. The Morgan fingerprint density at radius 3 is 2.77 bits per heavy atom. The lowest BCUT2D eigenvalue weighted by Gasteiger charge is -2.30. The van der Waals surface area contributed by atoms with Crippen molar-refractivity contribution in [1.29, 1.82) is 0 Å². The molecule has 2 aromatic rings. The molecule has 3 rings (SSSR count). The lowest BCUT2D eigenvalue weighted by molar-refractivity contribution is -0.605. The summed E-state index contributed by atoms with van der Waals surface area (Å²) in [4.78, 5) is 18.5. The number of aromatic nitrogens is 3. The van der Waals surface area contributed by atoms with Crippen LogP contribution in [0.5, 0.6) is 0 Å². The summed E-state index contributed by atoms with van der Waals surface area (Å²) in [5, 5.41) is 11.1. The quantitative estimate of drug-likeness (QED) is 0.618. The van der Waals surface area contributed by atoms with Crippen LogP contribution in [0.15, 0.2) is 37.1 Å². The van der Waals surface area contributed by atoms with Crippen LogP contribution in [0.1, 0.15) is 12.8 Å². The molecule has 22 heavy (non-hydrogen) atoms. The van der Waals surface area contributed by atoms with E-state index >= 15 is 0 Å². The monoisotopic (exact) mass is 302 g/mol. The van der Waals surface area contributed by atoms with E-state index in [-0.39, 0.29) is 12.1 Å². The van der Waals surface area contributed by atoms with Crippen LogP contribution in [0, 0.1) is 5.21 Å². The first kappa shape index (κ1) is 14.5. The van der Waals surface area contributed by atoms with Crippen molar-refractivity contribution in [3.8, 4) is 11.3 Å². The predicted octanol–water partition coefficient (Wildman–Crippen LogP) is 1.26. The molecule has 0 saturated carbocycles. The number of hydrogen-bond donors (Lipinski definition) is 0. The molecular formula is C15H18N4O3. The van der Waals surface area contributed by atoms with Gasteiger partial charge in [-0.05, 0) is 12.8 Å². The Bertz CT molecular complexity index is 647. The first-order valence-electron chi connectivity index (χ1n) is 7.23. The van der Waals surface area contributed by atoms with Crippen molar-refractivity contribution < 1.29 is 14.3 Å². The zero-order valence-corrected chi connectivity index (χ0v) is 12.4. The molecule has 0 N–H and O–H groups in total. The van der Waals surface area contributed by atoms with Gasteiger partial charge in [-0.15, -0.1) is 0 Å². The topological polar surface area (TPSA) is 74.3 Å². The molecule has 1 aliphatic rings. The largest absolute Gasteiger partial charge is 0.619 e. The summed E-state index contributed by atoms with van der Waals surface area (Å²) in [6.45, 7) is 1.38. The van der Waals surface area contributed by atoms with E-state index in [1.165, 1.54) is 23.3 Å². The van der Waals surface area contributed by atoms with Gasteiger partial charge >= 0.3 is 6.03 Å². The molecule has 0 radical (unpaired) electrons. The smallest absolute Gasteiger partial charge is 0.329 e. The highest BCUT2D eigenvalue weighted by molar-refractivity contribution is 5.78. The van der Waals surface area contributed by atoms with Crippen LogP contribution in [0.25, 0.3) is 11.3 Å². The summed E-state index contributed by atoms with van der Waals surface area (Å²) in [6.07, 6.45) is 7.71. The summed E-state index contributed by atoms with van der Waals surface area (Å²) in [5.41, 5.74) is 1.46. The maximum absolute atomic E-state index is 12.5. The molecule has 0 spiro atoms. The SMILES string of the molecule is CN(C(=O)n1cnc(-c2cc[n+]([O-])cc2)c1)C1CCOCC1. The number of hydrogen-bond acceptors (Lipinski definition) is 4. The van der Waals surface area contributed by atoms with Gasteiger partial charge in [-0.2, -0.15) is 4.73 Å². The Balaban J connectivity index is 1.75. The van der Waals surface area contributed by atoms with Gasteiger partial charge in [0, 0.05) is 50.2 Å². The summed E-state index contributed by atoms with van der Waals surface area (Å²) in [5.74, 6) is 0. The van der Waals surface area contributed by atoms with Gasteiger partial charge in [0.1, 0.15) is 6.33 Å². The first-order chi connectivity index (χ1) is 10.6. The second-order valence-electron chi connectivity index (χ2n) is 5.35. The summed E-state index contributed by atoms with van der Waals surface area (Å²) < 4.78 is 7.51. The van der Waals surface area contributed by atoms with Crippen LogP contribution in [0.3, 0.4) is 0 Å². The van der Waals surface area contributed by atoms with Crippen LogP contribution in [0.4, 0.5) is 4.79 Å². The molecule has 116 valence electrons. The molecule has 0 unspecified atom stereocenters. The van der Waals surface area contributed by atoms with E-state index < -0.39 is 0 Å². The van der Waals surface area contributed by atoms with Gasteiger partial charge in [0.2, 0.25) is 0 Å². The van der Waals surface area contributed by atoms with E-state index in [1.54, 1.807) is 30.3 Å². The second-order valence-corrected chi connectivity index (χ2v) is 5.35. The van der Waals surface area contributed by atoms with Gasteiger partial charge in [-0.3, -0.25) is 4.57 Å². The van der Waals surface area contributed by atoms with Crippen molar-refractivity contribution in [2.45, 2.75) is 18.9 Å². The van der Waals surface area contributed by atoms with Crippen molar-refractivity contribution in [1.82, 2.24) is 14.5 Å². The van der Waals surface area contributed by atoms with Crippen molar-refractivity contribution in [2.24, 2.45) is 0 Å². The zero-order valence-electron chi connectivity index (χ0n) is 12.4. The van der Waals surface area contributed by atoms with Gasteiger partial charge in [0.25, 0.3) is 0 Å². The molecule has 7 heteroatoms. The number of carbonyl (C=O) groups is 1.